The molecule has 4 heteroatoms. The second-order valence-electron chi connectivity index (χ2n) is 5.90. The van der Waals surface area contributed by atoms with E-state index in [1.165, 1.54) is 28.6 Å². The van der Waals surface area contributed by atoms with Gasteiger partial charge >= 0.3 is 0 Å². The van der Waals surface area contributed by atoms with E-state index in [1.807, 2.05) is 24.3 Å². The molecule has 0 saturated heterocycles. The molecule has 0 fully saturated rings. The van der Waals surface area contributed by atoms with Gasteiger partial charge in [-0.05, 0) is 41.5 Å². The van der Waals surface area contributed by atoms with E-state index in [4.69, 9.17) is 0 Å². The molecular weight excluding hydrogens is 302 g/mol. The Bertz CT molecular complexity index is 981. The van der Waals surface area contributed by atoms with Gasteiger partial charge in [-0.25, -0.2) is 0 Å². The summed E-state index contributed by atoms with van der Waals surface area (Å²) in [5.74, 6) is -1.81. The van der Waals surface area contributed by atoms with Gasteiger partial charge in [-0.1, -0.05) is 42.5 Å². The molecule has 1 amide bonds. The molecule has 0 heterocycles. The van der Waals surface area contributed by atoms with Gasteiger partial charge in [-0.2, -0.15) is 0 Å². The summed E-state index contributed by atoms with van der Waals surface area (Å²) in [7, 11) is 0. The van der Waals surface area contributed by atoms with Crippen LogP contribution in [0.15, 0.2) is 54.6 Å². The average molecular weight is 316 g/mol. The molecule has 0 spiro atoms. The lowest BCUT2D eigenvalue weighted by molar-refractivity contribution is -0.255. The third-order valence-corrected chi connectivity index (χ3v) is 4.52. The van der Waals surface area contributed by atoms with Crippen molar-refractivity contribution in [2.45, 2.75) is 12.8 Å². The number of rotatable bonds is 3. The number of carboxylic acids is 1. The first-order valence-corrected chi connectivity index (χ1v) is 7.80. The van der Waals surface area contributed by atoms with Crippen LogP contribution in [0, 0.1) is 0 Å². The van der Waals surface area contributed by atoms with Gasteiger partial charge in [-0.15, -0.1) is 0 Å². The summed E-state index contributed by atoms with van der Waals surface area (Å²) in [6.07, 6.45) is 2.02. The molecule has 3 aromatic carbocycles. The van der Waals surface area contributed by atoms with E-state index in [2.05, 4.69) is 11.4 Å². The summed E-state index contributed by atoms with van der Waals surface area (Å²) in [4.78, 5) is 23.8. The Labute approximate surface area is 138 Å². The fourth-order valence-corrected chi connectivity index (χ4v) is 3.40. The van der Waals surface area contributed by atoms with Crippen molar-refractivity contribution < 1.29 is 14.7 Å². The van der Waals surface area contributed by atoms with E-state index in [9.17, 15) is 14.7 Å². The van der Waals surface area contributed by atoms with Crippen LogP contribution in [0.4, 0.5) is 5.69 Å². The number of nitrogens with one attached hydrogen (secondary N) is 1. The SMILES string of the molecule is O=C([O-])c1ccccc1C(=O)Nc1ccc2c3c(cccc13)CC2. The van der Waals surface area contributed by atoms with E-state index in [0.29, 0.717) is 5.69 Å². The van der Waals surface area contributed by atoms with Crippen molar-refractivity contribution in [3.8, 4) is 0 Å². The van der Waals surface area contributed by atoms with Crippen LogP contribution in [-0.2, 0) is 12.8 Å². The summed E-state index contributed by atoms with van der Waals surface area (Å²) in [6, 6.07) is 16.0. The first kappa shape index (κ1) is 14.5. The van der Waals surface area contributed by atoms with Crippen molar-refractivity contribution in [1.82, 2.24) is 0 Å². The maximum atomic E-state index is 12.6. The van der Waals surface area contributed by atoms with Crippen LogP contribution < -0.4 is 10.4 Å². The predicted molar refractivity (Wildman–Crippen MR) is 90.1 cm³/mol. The Hall–Kier alpha value is -3.14. The number of aryl methyl sites for hydroxylation is 2. The van der Waals surface area contributed by atoms with E-state index in [-0.39, 0.29) is 11.1 Å². The molecule has 118 valence electrons. The maximum absolute atomic E-state index is 12.6. The largest absolute Gasteiger partial charge is 0.545 e. The van der Waals surface area contributed by atoms with Gasteiger partial charge in [0.1, 0.15) is 0 Å². The molecule has 0 radical (unpaired) electrons. The first-order chi connectivity index (χ1) is 11.6. The minimum Gasteiger partial charge on any atom is -0.545 e. The van der Waals surface area contributed by atoms with Crippen LogP contribution in [-0.4, -0.2) is 11.9 Å². The molecule has 24 heavy (non-hydrogen) atoms. The third kappa shape index (κ3) is 2.24. The number of carbonyl (C=O) groups is 2. The Morgan fingerprint density at radius 3 is 2.29 bits per heavy atom. The Morgan fingerprint density at radius 1 is 0.833 bits per heavy atom. The van der Waals surface area contributed by atoms with Gasteiger partial charge in [0.15, 0.2) is 0 Å². The van der Waals surface area contributed by atoms with E-state index < -0.39 is 11.9 Å². The number of hydrogen-bond acceptors (Lipinski definition) is 3. The number of aromatic carboxylic acids is 1. The molecule has 0 unspecified atom stereocenters. The monoisotopic (exact) mass is 316 g/mol. The molecule has 0 bridgehead atoms. The van der Waals surface area contributed by atoms with Gasteiger partial charge in [0.25, 0.3) is 5.91 Å². The second-order valence-corrected chi connectivity index (χ2v) is 5.90. The number of carbonyl (C=O) groups excluding carboxylic acids is 2. The standard InChI is InChI=1S/C20H15NO3/c22-19(14-5-1-2-6-15(14)20(23)24)21-17-11-10-13-9-8-12-4-3-7-16(17)18(12)13/h1-7,10-11H,8-9H2,(H,21,22)(H,23,24)/p-1. The van der Waals surface area contributed by atoms with Gasteiger partial charge in [0.05, 0.1) is 5.97 Å². The second kappa shape index (κ2) is 5.49. The highest BCUT2D eigenvalue weighted by Gasteiger charge is 2.18. The first-order valence-electron chi connectivity index (χ1n) is 7.80. The predicted octanol–water partition coefficient (Wildman–Crippen LogP) is 2.55. The number of benzene rings is 3. The molecule has 1 N–H and O–H groups in total. The van der Waals surface area contributed by atoms with Crippen LogP contribution in [0.1, 0.15) is 31.8 Å². The van der Waals surface area contributed by atoms with Crippen LogP contribution >= 0.6 is 0 Å². The lowest BCUT2D eigenvalue weighted by atomic mass is 10.0. The Balaban J connectivity index is 1.76. The minimum atomic E-state index is -1.36. The number of amides is 1. The lowest BCUT2D eigenvalue weighted by Gasteiger charge is -2.13. The van der Waals surface area contributed by atoms with Crippen molar-refractivity contribution in [3.63, 3.8) is 0 Å². The fraction of sp³-hybridized carbons (Fsp3) is 0.100. The zero-order chi connectivity index (χ0) is 16.7. The molecule has 0 saturated carbocycles. The number of hydrogen-bond donors (Lipinski definition) is 1. The van der Waals surface area contributed by atoms with Gasteiger partial charge in [-0.3, -0.25) is 4.79 Å². The number of anilines is 1. The molecule has 0 aliphatic heterocycles. The molecule has 1 aliphatic rings. The minimum absolute atomic E-state index is 0.0979. The molecule has 3 aromatic rings. The van der Waals surface area contributed by atoms with Crippen molar-refractivity contribution in [2.24, 2.45) is 0 Å². The molecule has 1 aliphatic carbocycles. The summed E-state index contributed by atoms with van der Waals surface area (Å²) in [6.45, 7) is 0. The maximum Gasteiger partial charge on any atom is 0.256 e. The lowest BCUT2D eigenvalue weighted by Crippen LogP contribution is -2.26. The third-order valence-electron chi connectivity index (χ3n) is 4.52. The van der Waals surface area contributed by atoms with Crippen molar-refractivity contribution in [1.29, 1.82) is 0 Å². The Morgan fingerprint density at radius 2 is 1.54 bits per heavy atom. The zero-order valence-corrected chi connectivity index (χ0v) is 12.8. The van der Waals surface area contributed by atoms with Gasteiger partial charge in [0.2, 0.25) is 0 Å². The van der Waals surface area contributed by atoms with Crippen molar-refractivity contribution in [2.75, 3.05) is 5.32 Å². The molecular formula is C20H14NO3-. The van der Waals surface area contributed by atoms with Gasteiger partial charge < -0.3 is 15.2 Å². The zero-order valence-electron chi connectivity index (χ0n) is 12.8. The van der Waals surface area contributed by atoms with E-state index in [0.717, 1.165) is 18.2 Å². The Kier molecular flexibility index (Phi) is 3.31. The summed E-state index contributed by atoms with van der Waals surface area (Å²) >= 11 is 0. The van der Waals surface area contributed by atoms with Crippen LogP contribution in [0.2, 0.25) is 0 Å². The smallest absolute Gasteiger partial charge is 0.256 e. The highest BCUT2D eigenvalue weighted by atomic mass is 16.4. The van der Waals surface area contributed by atoms with E-state index >= 15 is 0 Å². The highest BCUT2D eigenvalue weighted by Crippen LogP contribution is 2.35. The van der Waals surface area contributed by atoms with Crippen molar-refractivity contribution >= 4 is 28.3 Å². The quantitative estimate of drug-likeness (QED) is 0.807. The highest BCUT2D eigenvalue weighted by molar-refractivity contribution is 6.13. The van der Waals surface area contributed by atoms with Crippen LogP contribution in [0.25, 0.3) is 10.8 Å². The van der Waals surface area contributed by atoms with E-state index in [1.54, 1.807) is 12.1 Å². The molecule has 4 nitrogen and oxygen atoms in total. The fourth-order valence-electron chi connectivity index (χ4n) is 3.40. The molecule has 0 atom stereocenters. The summed E-state index contributed by atoms with van der Waals surface area (Å²) in [5.41, 5.74) is 3.25. The molecule has 0 aromatic heterocycles. The number of carboxylic acid groups (broad SMARTS) is 1. The summed E-state index contributed by atoms with van der Waals surface area (Å²) < 4.78 is 0. The van der Waals surface area contributed by atoms with Crippen LogP contribution in [0.3, 0.4) is 0 Å². The van der Waals surface area contributed by atoms with Gasteiger partial charge in [0, 0.05) is 22.2 Å². The summed E-state index contributed by atoms with van der Waals surface area (Å²) in [5, 5.41) is 16.2. The van der Waals surface area contributed by atoms with Crippen molar-refractivity contribution in [3.05, 3.63) is 76.9 Å². The average Bonchev–Trinajstić information content (AvgIpc) is 3.02. The normalized spacial score (nSPS) is 12.3. The topological polar surface area (TPSA) is 69.2 Å². The molecule has 4 rings (SSSR count). The van der Waals surface area contributed by atoms with Crippen LogP contribution in [0.5, 0.6) is 0 Å².